The number of nitrogens with one attached hydrogen (secondary N) is 1. The van der Waals surface area contributed by atoms with Gasteiger partial charge in [-0.1, -0.05) is 25.4 Å². The van der Waals surface area contributed by atoms with Crippen molar-refractivity contribution in [2.75, 3.05) is 32.5 Å². The number of aromatic nitrogens is 2. The summed E-state index contributed by atoms with van der Waals surface area (Å²) >= 11 is 5.87. The summed E-state index contributed by atoms with van der Waals surface area (Å²) in [6.45, 7) is 5.08. The van der Waals surface area contributed by atoms with Gasteiger partial charge in [-0.05, 0) is 14.1 Å². The summed E-state index contributed by atoms with van der Waals surface area (Å²) in [6.07, 6.45) is 0. The highest BCUT2D eigenvalue weighted by Crippen LogP contribution is 2.30. The van der Waals surface area contributed by atoms with Gasteiger partial charge in [-0.2, -0.15) is 0 Å². The van der Waals surface area contributed by atoms with Crippen LogP contribution in [0, 0.1) is 10.1 Å². The molecule has 0 spiro atoms. The van der Waals surface area contributed by atoms with Gasteiger partial charge in [0.1, 0.15) is 5.82 Å². The van der Waals surface area contributed by atoms with Gasteiger partial charge in [0.2, 0.25) is 11.0 Å². The van der Waals surface area contributed by atoms with Gasteiger partial charge in [0, 0.05) is 19.0 Å². The third-order valence-electron chi connectivity index (χ3n) is 2.41. The Morgan fingerprint density at radius 1 is 1.42 bits per heavy atom. The second-order valence-electron chi connectivity index (χ2n) is 4.71. The smallest absolute Gasteiger partial charge is 0.348 e. The zero-order chi connectivity index (χ0) is 14.6. The highest BCUT2D eigenvalue weighted by atomic mass is 35.5. The summed E-state index contributed by atoms with van der Waals surface area (Å²) < 4.78 is 0. The zero-order valence-corrected chi connectivity index (χ0v) is 12.2. The first-order valence-corrected chi connectivity index (χ1v) is 6.31. The van der Waals surface area contributed by atoms with Crippen LogP contribution < -0.4 is 5.32 Å². The second-order valence-corrected chi connectivity index (χ2v) is 5.07. The Hall–Kier alpha value is -1.47. The molecule has 0 fully saturated rings. The Balaban J connectivity index is 3.06. The standard InChI is InChI=1S/C11H18ClN5O2/c1-7(2)10-14-9(12)8(17(18)19)11(15-10)13-5-6-16(3)4/h7H,5-6H2,1-4H3,(H,13,14,15). The van der Waals surface area contributed by atoms with Crippen LogP contribution in [0.4, 0.5) is 11.5 Å². The molecule has 1 N–H and O–H groups in total. The highest BCUT2D eigenvalue weighted by molar-refractivity contribution is 6.31. The lowest BCUT2D eigenvalue weighted by atomic mass is 10.2. The summed E-state index contributed by atoms with van der Waals surface area (Å²) in [4.78, 5) is 20.6. The second kappa shape index (κ2) is 6.63. The Morgan fingerprint density at radius 3 is 2.53 bits per heavy atom. The van der Waals surface area contributed by atoms with Crippen LogP contribution >= 0.6 is 11.6 Å². The van der Waals surface area contributed by atoms with E-state index in [2.05, 4.69) is 15.3 Å². The van der Waals surface area contributed by atoms with E-state index in [0.717, 1.165) is 6.54 Å². The summed E-state index contributed by atoms with van der Waals surface area (Å²) in [7, 11) is 3.84. The fourth-order valence-corrected chi connectivity index (χ4v) is 1.63. The van der Waals surface area contributed by atoms with Crippen LogP contribution in [-0.2, 0) is 0 Å². The van der Waals surface area contributed by atoms with Gasteiger partial charge in [-0.25, -0.2) is 9.97 Å². The van der Waals surface area contributed by atoms with E-state index in [4.69, 9.17) is 11.6 Å². The van der Waals surface area contributed by atoms with Gasteiger partial charge in [0.05, 0.1) is 4.92 Å². The molecule has 0 saturated carbocycles. The van der Waals surface area contributed by atoms with Crippen molar-refractivity contribution in [1.29, 1.82) is 0 Å². The molecule has 0 aliphatic heterocycles. The van der Waals surface area contributed by atoms with Crippen LogP contribution in [0.3, 0.4) is 0 Å². The predicted molar refractivity (Wildman–Crippen MR) is 74.8 cm³/mol. The summed E-state index contributed by atoms with van der Waals surface area (Å²) in [5.41, 5.74) is -0.273. The van der Waals surface area contributed by atoms with E-state index in [0.29, 0.717) is 12.4 Å². The van der Waals surface area contributed by atoms with Gasteiger partial charge in [0.25, 0.3) is 0 Å². The molecule has 0 aromatic carbocycles. The minimum Gasteiger partial charge on any atom is -0.363 e. The van der Waals surface area contributed by atoms with Crippen LogP contribution in [0.2, 0.25) is 5.15 Å². The minimum atomic E-state index is -0.565. The van der Waals surface area contributed by atoms with Crippen LogP contribution in [0.25, 0.3) is 0 Å². The lowest BCUT2D eigenvalue weighted by molar-refractivity contribution is -0.384. The topological polar surface area (TPSA) is 84.2 Å². The Kier molecular flexibility index (Phi) is 5.44. The average Bonchev–Trinajstić information content (AvgIpc) is 2.26. The van der Waals surface area contributed by atoms with Crippen molar-refractivity contribution in [3.8, 4) is 0 Å². The normalized spacial score (nSPS) is 11.1. The summed E-state index contributed by atoms with van der Waals surface area (Å²) in [6, 6.07) is 0. The fraction of sp³-hybridized carbons (Fsp3) is 0.636. The van der Waals surface area contributed by atoms with Crippen molar-refractivity contribution in [3.63, 3.8) is 0 Å². The Labute approximate surface area is 117 Å². The predicted octanol–water partition coefficient (Wildman–Crippen LogP) is 2.14. The van der Waals surface area contributed by atoms with Crippen molar-refractivity contribution in [3.05, 3.63) is 21.1 Å². The number of likely N-dealkylation sites (N-methyl/N-ethyl adjacent to an activating group) is 1. The average molecular weight is 288 g/mol. The minimum absolute atomic E-state index is 0.0488. The third-order valence-corrected chi connectivity index (χ3v) is 2.67. The van der Waals surface area contributed by atoms with E-state index in [1.165, 1.54) is 0 Å². The number of anilines is 1. The van der Waals surface area contributed by atoms with Gasteiger partial charge in [-0.15, -0.1) is 0 Å². The largest absolute Gasteiger partial charge is 0.363 e. The number of nitro groups is 1. The van der Waals surface area contributed by atoms with Crippen molar-refractivity contribution in [2.24, 2.45) is 0 Å². The monoisotopic (exact) mass is 287 g/mol. The number of halogens is 1. The van der Waals surface area contributed by atoms with E-state index in [1.807, 2.05) is 32.8 Å². The molecule has 0 unspecified atom stereocenters. The lowest BCUT2D eigenvalue weighted by Crippen LogP contribution is -2.22. The van der Waals surface area contributed by atoms with Crippen molar-refractivity contribution >= 4 is 23.1 Å². The molecule has 0 radical (unpaired) electrons. The van der Waals surface area contributed by atoms with E-state index in [9.17, 15) is 10.1 Å². The van der Waals surface area contributed by atoms with Crippen molar-refractivity contribution < 1.29 is 4.92 Å². The highest BCUT2D eigenvalue weighted by Gasteiger charge is 2.24. The first kappa shape index (κ1) is 15.6. The van der Waals surface area contributed by atoms with Crippen LogP contribution in [0.1, 0.15) is 25.6 Å². The molecule has 1 rings (SSSR count). The number of nitrogens with zero attached hydrogens (tertiary/aromatic N) is 4. The van der Waals surface area contributed by atoms with Crippen LogP contribution in [0.15, 0.2) is 0 Å². The quantitative estimate of drug-likeness (QED) is 0.490. The molecule has 0 atom stereocenters. The maximum Gasteiger partial charge on any atom is 0.348 e. The molecule has 8 heteroatoms. The maximum absolute atomic E-state index is 11.0. The molecule has 0 bridgehead atoms. The molecule has 1 heterocycles. The first-order chi connectivity index (χ1) is 8.82. The Morgan fingerprint density at radius 2 is 2.05 bits per heavy atom. The summed E-state index contributed by atoms with van der Waals surface area (Å²) in [5.74, 6) is 0.714. The first-order valence-electron chi connectivity index (χ1n) is 5.93. The molecule has 1 aromatic heterocycles. The van der Waals surface area contributed by atoms with Crippen molar-refractivity contribution in [1.82, 2.24) is 14.9 Å². The van der Waals surface area contributed by atoms with Crippen LogP contribution in [0.5, 0.6) is 0 Å². The maximum atomic E-state index is 11.0. The fourth-order valence-electron chi connectivity index (χ4n) is 1.38. The van der Waals surface area contributed by atoms with Gasteiger partial charge in [0.15, 0.2) is 0 Å². The molecule has 0 saturated heterocycles. The number of hydrogen-bond donors (Lipinski definition) is 1. The number of hydrogen-bond acceptors (Lipinski definition) is 6. The van der Waals surface area contributed by atoms with Gasteiger partial charge >= 0.3 is 5.69 Å². The van der Waals surface area contributed by atoms with E-state index < -0.39 is 4.92 Å². The molecular weight excluding hydrogens is 270 g/mol. The van der Waals surface area contributed by atoms with Crippen LogP contribution in [-0.4, -0.2) is 47.0 Å². The molecule has 19 heavy (non-hydrogen) atoms. The lowest BCUT2D eigenvalue weighted by Gasteiger charge is -2.12. The van der Waals surface area contributed by atoms with E-state index in [1.54, 1.807) is 0 Å². The molecule has 1 aromatic rings. The molecule has 106 valence electrons. The summed E-state index contributed by atoms with van der Waals surface area (Å²) in [5, 5.41) is 13.8. The van der Waals surface area contributed by atoms with E-state index >= 15 is 0 Å². The zero-order valence-electron chi connectivity index (χ0n) is 11.5. The molecule has 0 aliphatic carbocycles. The van der Waals surface area contributed by atoms with Crippen molar-refractivity contribution in [2.45, 2.75) is 19.8 Å². The van der Waals surface area contributed by atoms with Gasteiger partial charge < -0.3 is 10.2 Å². The SMILES string of the molecule is CC(C)c1nc(Cl)c([N+](=O)[O-])c(NCCN(C)C)n1. The Bertz CT molecular complexity index is 465. The molecular formula is C11H18ClN5O2. The van der Waals surface area contributed by atoms with Gasteiger partial charge in [-0.3, -0.25) is 10.1 Å². The van der Waals surface area contributed by atoms with E-state index in [-0.39, 0.29) is 22.6 Å². The molecule has 7 nitrogen and oxygen atoms in total. The third kappa shape index (κ3) is 4.29. The molecule has 0 aliphatic rings. The number of rotatable bonds is 6. The molecule has 0 amide bonds.